The Balaban J connectivity index is 2.68. The highest BCUT2D eigenvalue weighted by Gasteiger charge is 1.97. The summed E-state index contributed by atoms with van der Waals surface area (Å²) >= 11 is 0. The summed E-state index contributed by atoms with van der Waals surface area (Å²) in [4.78, 5) is 2.06. The molecule has 0 amide bonds. The van der Waals surface area contributed by atoms with Gasteiger partial charge in [-0.3, -0.25) is 0 Å². The molecule has 2 heteroatoms. The fourth-order valence-corrected chi connectivity index (χ4v) is 1.07. The van der Waals surface area contributed by atoms with Gasteiger partial charge in [-0.2, -0.15) is 0 Å². The van der Waals surface area contributed by atoms with Gasteiger partial charge in [-0.15, -0.1) is 0 Å². The summed E-state index contributed by atoms with van der Waals surface area (Å²) in [6.45, 7) is 2.71. The molecule has 0 spiro atoms. The molecule has 66 valence electrons. The Hall–Kier alpha value is -1.02. The van der Waals surface area contributed by atoms with Crippen molar-refractivity contribution in [2.24, 2.45) is 0 Å². The number of aryl methyl sites for hydroxylation is 1. The van der Waals surface area contributed by atoms with Gasteiger partial charge >= 0.3 is 0 Å². The molecule has 0 aliphatic rings. The van der Waals surface area contributed by atoms with Crippen molar-refractivity contribution in [3.8, 4) is 0 Å². The van der Waals surface area contributed by atoms with E-state index in [0.717, 1.165) is 0 Å². The van der Waals surface area contributed by atoms with Gasteiger partial charge in [0.2, 0.25) is 0 Å². The molecule has 1 aromatic carbocycles. The van der Waals surface area contributed by atoms with Gasteiger partial charge in [-0.1, -0.05) is 17.7 Å². The number of ether oxygens (including phenoxy) is 1. The second kappa shape index (κ2) is 4.12. The van der Waals surface area contributed by atoms with E-state index < -0.39 is 0 Å². The van der Waals surface area contributed by atoms with E-state index in [1.54, 1.807) is 7.11 Å². The minimum atomic E-state index is 0.628. The summed E-state index contributed by atoms with van der Waals surface area (Å²) in [7, 11) is 3.71. The van der Waals surface area contributed by atoms with Crippen molar-refractivity contribution in [3.63, 3.8) is 0 Å². The van der Waals surface area contributed by atoms with E-state index >= 15 is 0 Å². The third-order valence-electron chi connectivity index (χ3n) is 1.80. The van der Waals surface area contributed by atoms with Gasteiger partial charge in [0.25, 0.3) is 0 Å². The fourth-order valence-electron chi connectivity index (χ4n) is 1.07. The number of methoxy groups -OCH3 is 1. The van der Waals surface area contributed by atoms with Crippen LogP contribution in [0.4, 0.5) is 5.69 Å². The molecule has 0 saturated heterocycles. The highest BCUT2D eigenvalue weighted by molar-refractivity contribution is 5.46. The lowest BCUT2D eigenvalue weighted by Crippen LogP contribution is -2.19. The molecule has 0 aliphatic carbocycles. The Morgan fingerprint density at radius 2 is 1.83 bits per heavy atom. The highest BCUT2D eigenvalue weighted by Crippen LogP contribution is 2.12. The average molecular weight is 165 g/mol. The summed E-state index contributed by atoms with van der Waals surface area (Å²) < 4.78 is 5.01. The maximum atomic E-state index is 5.01. The van der Waals surface area contributed by atoms with E-state index in [4.69, 9.17) is 4.74 Å². The van der Waals surface area contributed by atoms with E-state index in [-0.39, 0.29) is 0 Å². The minimum absolute atomic E-state index is 0.628. The van der Waals surface area contributed by atoms with Crippen molar-refractivity contribution in [3.05, 3.63) is 29.8 Å². The lowest BCUT2D eigenvalue weighted by Gasteiger charge is -2.17. The van der Waals surface area contributed by atoms with Gasteiger partial charge in [0, 0.05) is 19.8 Å². The SMILES string of the molecule is COCN(C)c1ccc(C)cc1. The molecule has 1 aromatic rings. The number of hydrogen-bond acceptors (Lipinski definition) is 2. The van der Waals surface area contributed by atoms with Gasteiger partial charge in [0.05, 0.1) is 0 Å². The van der Waals surface area contributed by atoms with Gasteiger partial charge in [0.1, 0.15) is 6.73 Å². The highest BCUT2D eigenvalue weighted by atomic mass is 16.5. The van der Waals surface area contributed by atoms with E-state index in [1.165, 1.54) is 11.3 Å². The molecule has 0 bridgehead atoms. The number of hydrogen-bond donors (Lipinski definition) is 0. The van der Waals surface area contributed by atoms with Crippen LogP contribution in [0.2, 0.25) is 0 Å². The molecule has 0 heterocycles. The van der Waals surface area contributed by atoms with Gasteiger partial charge in [0.15, 0.2) is 0 Å². The van der Waals surface area contributed by atoms with Crippen LogP contribution in [-0.4, -0.2) is 20.9 Å². The topological polar surface area (TPSA) is 12.5 Å². The average Bonchev–Trinajstić information content (AvgIpc) is 2.06. The van der Waals surface area contributed by atoms with Crippen molar-refractivity contribution in [1.82, 2.24) is 0 Å². The Kier molecular flexibility index (Phi) is 3.11. The Morgan fingerprint density at radius 1 is 1.25 bits per heavy atom. The summed E-state index contributed by atoms with van der Waals surface area (Å²) in [5, 5.41) is 0. The number of rotatable bonds is 3. The van der Waals surface area contributed by atoms with Gasteiger partial charge in [-0.25, -0.2) is 0 Å². The smallest absolute Gasteiger partial charge is 0.118 e. The van der Waals surface area contributed by atoms with Crippen LogP contribution in [0.25, 0.3) is 0 Å². The molecule has 12 heavy (non-hydrogen) atoms. The molecule has 0 saturated carbocycles. The first-order chi connectivity index (χ1) is 5.74. The molecule has 0 atom stereocenters. The van der Waals surface area contributed by atoms with Crippen molar-refractivity contribution in [2.45, 2.75) is 6.92 Å². The summed E-state index contributed by atoms with van der Waals surface area (Å²) in [5.74, 6) is 0. The first kappa shape index (κ1) is 9.07. The molecule has 0 fully saturated rings. The third-order valence-corrected chi connectivity index (χ3v) is 1.80. The summed E-state index contributed by atoms with van der Waals surface area (Å²) in [5.41, 5.74) is 2.46. The lowest BCUT2D eigenvalue weighted by molar-refractivity contribution is 0.202. The van der Waals surface area contributed by atoms with Crippen LogP contribution in [0.15, 0.2) is 24.3 Å². The van der Waals surface area contributed by atoms with Crippen LogP contribution in [0, 0.1) is 6.92 Å². The number of anilines is 1. The summed E-state index contributed by atoms with van der Waals surface area (Å²) in [6.07, 6.45) is 0. The van der Waals surface area contributed by atoms with Crippen molar-refractivity contribution < 1.29 is 4.74 Å². The number of benzene rings is 1. The zero-order chi connectivity index (χ0) is 8.97. The van der Waals surface area contributed by atoms with Gasteiger partial charge < -0.3 is 9.64 Å². The van der Waals surface area contributed by atoms with Crippen LogP contribution in [0.3, 0.4) is 0 Å². The minimum Gasteiger partial charge on any atom is -0.364 e. The maximum Gasteiger partial charge on any atom is 0.118 e. The zero-order valence-electron chi connectivity index (χ0n) is 7.87. The molecule has 0 radical (unpaired) electrons. The second-order valence-electron chi connectivity index (χ2n) is 2.95. The quantitative estimate of drug-likeness (QED) is 0.635. The molecule has 2 nitrogen and oxygen atoms in total. The first-order valence-electron chi connectivity index (χ1n) is 4.01. The summed E-state index contributed by atoms with van der Waals surface area (Å²) in [6, 6.07) is 8.38. The monoisotopic (exact) mass is 165 g/mol. The zero-order valence-corrected chi connectivity index (χ0v) is 7.87. The Morgan fingerprint density at radius 3 is 2.33 bits per heavy atom. The molecule has 0 N–H and O–H groups in total. The first-order valence-corrected chi connectivity index (χ1v) is 4.01. The lowest BCUT2D eigenvalue weighted by atomic mass is 10.2. The van der Waals surface area contributed by atoms with Crippen molar-refractivity contribution >= 4 is 5.69 Å². The van der Waals surface area contributed by atoms with Crippen LogP contribution in [-0.2, 0) is 4.74 Å². The van der Waals surface area contributed by atoms with Crippen LogP contribution >= 0.6 is 0 Å². The predicted octanol–water partition coefficient (Wildman–Crippen LogP) is 2.04. The van der Waals surface area contributed by atoms with Crippen LogP contribution in [0.1, 0.15) is 5.56 Å². The Labute approximate surface area is 73.8 Å². The molecule has 0 aromatic heterocycles. The maximum absolute atomic E-state index is 5.01. The number of nitrogens with zero attached hydrogens (tertiary/aromatic N) is 1. The van der Waals surface area contributed by atoms with E-state index in [9.17, 15) is 0 Å². The second-order valence-corrected chi connectivity index (χ2v) is 2.95. The molecular formula is C10H15NO. The van der Waals surface area contributed by atoms with Crippen molar-refractivity contribution in [1.29, 1.82) is 0 Å². The van der Waals surface area contributed by atoms with E-state index in [1.807, 2.05) is 7.05 Å². The van der Waals surface area contributed by atoms with E-state index in [2.05, 4.69) is 36.1 Å². The third kappa shape index (κ3) is 2.24. The largest absolute Gasteiger partial charge is 0.364 e. The van der Waals surface area contributed by atoms with Crippen LogP contribution in [0.5, 0.6) is 0 Å². The van der Waals surface area contributed by atoms with Gasteiger partial charge in [-0.05, 0) is 19.1 Å². The van der Waals surface area contributed by atoms with Crippen molar-refractivity contribution in [2.75, 3.05) is 25.8 Å². The Bertz CT molecular complexity index is 230. The predicted molar refractivity (Wildman–Crippen MR) is 51.5 cm³/mol. The molecule has 0 unspecified atom stereocenters. The normalized spacial score (nSPS) is 9.92. The fraction of sp³-hybridized carbons (Fsp3) is 0.400. The van der Waals surface area contributed by atoms with Crippen LogP contribution < -0.4 is 4.90 Å². The molecule has 0 aliphatic heterocycles. The van der Waals surface area contributed by atoms with E-state index in [0.29, 0.717) is 6.73 Å². The molecule has 1 rings (SSSR count). The molecular weight excluding hydrogens is 150 g/mol. The standard InChI is InChI=1S/C10H15NO/c1-9-4-6-10(7-5-9)11(2)8-12-3/h4-7H,8H2,1-3H3.